The third kappa shape index (κ3) is 13.2. The van der Waals surface area contributed by atoms with Crippen LogP contribution in [0.2, 0.25) is 0 Å². The van der Waals surface area contributed by atoms with Crippen LogP contribution in [0.15, 0.2) is 24.3 Å². The second kappa shape index (κ2) is 16.6. The Kier molecular flexibility index (Phi) is 13.5. The predicted molar refractivity (Wildman–Crippen MR) is 115 cm³/mol. The lowest BCUT2D eigenvalue weighted by Crippen LogP contribution is -2.29. The van der Waals surface area contributed by atoms with Crippen molar-refractivity contribution in [1.82, 2.24) is 0 Å². The number of carbonyl (C=O) groups excluding carboxylic acids is 5. The van der Waals surface area contributed by atoms with Crippen LogP contribution in [0.3, 0.4) is 0 Å². The molecule has 38 heavy (non-hydrogen) atoms. The first-order valence-electron chi connectivity index (χ1n) is 10.5. The van der Waals surface area contributed by atoms with E-state index in [0.717, 1.165) is 0 Å². The molecule has 1 unspecified atom stereocenters. The van der Waals surface area contributed by atoms with Crippen LogP contribution in [0, 0.1) is 20.2 Å². The van der Waals surface area contributed by atoms with E-state index in [1.807, 2.05) is 0 Å². The molecule has 0 heterocycles. The molecule has 1 atom stereocenters. The van der Waals surface area contributed by atoms with Crippen molar-refractivity contribution in [3.8, 4) is 5.75 Å². The Morgan fingerprint density at radius 3 is 2.11 bits per heavy atom. The number of benzene rings is 1. The zero-order valence-electron chi connectivity index (χ0n) is 19.8. The van der Waals surface area contributed by atoms with E-state index in [0.29, 0.717) is 0 Å². The van der Waals surface area contributed by atoms with Gasteiger partial charge in [0.2, 0.25) is 0 Å². The van der Waals surface area contributed by atoms with Crippen LogP contribution in [0.5, 0.6) is 5.75 Å². The predicted octanol–water partition coefficient (Wildman–Crippen LogP) is -0.0363. The maximum atomic E-state index is 12.3. The molecule has 1 aromatic carbocycles. The standard InChI is InChI=1S/C20H22N2O16/c1-13(19(26)32-8-4-5-9-35-21(28)29)37-17(24)11-34-20(27)14-6-2-3-7-15(14)38-18(25)10-33-16(23)12-36-22(30)31/h2-3,6-7,13H,4-5,8-12H2,1H3. The van der Waals surface area contributed by atoms with Gasteiger partial charge < -0.3 is 33.4 Å². The normalized spacial score (nSPS) is 10.8. The lowest BCUT2D eigenvalue weighted by molar-refractivity contribution is -0.757. The zero-order chi connectivity index (χ0) is 28.5. The zero-order valence-corrected chi connectivity index (χ0v) is 19.8. The highest BCUT2D eigenvalue weighted by molar-refractivity contribution is 5.94. The third-order valence-corrected chi connectivity index (χ3v) is 3.91. The molecule has 0 aromatic heterocycles. The maximum Gasteiger partial charge on any atom is 0.349 e. The molecule has 0 aliphatic rings. The minimum absolute atomic E-state index is 0.0991. The molecular weight excluding hydrogens is 524 g/mol. The number of para-hydroxylation sites is 1. The third-order valence-electron chi connectivity index (χ3n) is 3.91. The van der Waals surface area contributed by atoms with Crippen LogP contribution in [-0.2, 0) is 47.8 Å². The fraction of sp³-hybridized carbons (Fsp3) is 0.450. The SMILES string of the molecule is CC(OC(=O)COC(=O)c1ccccc1OC(=O)COC(=O)CO[N+](=O)[O-])C(=O)OCCCCO[N+](=O)[O-]. The molecule has 1 rings (SSSR count). The van der Waals surface area contributed by atoms with Crippen molar-refractivity contribution < 1.29 is 67.5 Å². The molecule has 0 radical (unpaired) electrons. The van der Waals surface area contributed by atoms with E-state index in [9.17, 15) is 44.2 Å². The Morgan fingerprint density at radius 1 is 0.789 bits per heavy atom. The van der Waals surface area contributed by atoms with Gasteiger partial charge in [0, 0.05) is 0 Å². The second-order valence-electron chi connectivity index (χ2n) is 6.77. The first kappa shape index (κ1) is 31.0. The van der Waals surface area contributed by atoms with E-state index in [4.69, 9.17) is 18.9 Å². The summed E-state index contributed by atoms with van der Waals surface area (Å²) < 4.78 is 23.8. The summed E-state index contributed by atoms with van der Waals surface area (Å²) >= 11 is 0. The Hall–Kier alpha value is -5.03. The van der Waals surface area contributed by atoms with Gasteiger partial charge in [0.1, 0.15) is 11.3 Å². The van der Waals surface area contributed by atoms with Crippen LogP contribution in [0.25, 0.3) is 0 Å². The van der Waals surface area contributed by atoms with Crippen LogP contribution in [0.1, 0.15) is 30.1 Å². The number of carbonyl (C=O) groups is 5. The lowest BCUT2D eigenvalue weighted by Gasteiger charge is -2.13. The molecule has 18 nitrogen and oxygen atoms in total. The van der Waals surface area contributed by atoms with Crippen LogP contribution < -0.4 is 4.74 Å². The van der Waals surface area contributed by atoms with Gasteiger partial charge in [-0.2, -0.15) is 0 Å². The number of esters is 5. The largest absolute Gasteiger partial charge is 0.463 e. The smallest absolute Gasteiger partial charge is 0.349 e. The number of hydrogen-bond donors (Lipinski definition) is 0. The molecular formula is C20H22N2O16. The first-order chi connectivity index (χ1) is 18.0. The highest BCUT2D eigenvalue weighted by Gasteiger charge is 2.22. The van der Waals surface area contributed by atoms with Crippen molar-refractivity contribution in [3.63, 3.8) is 0 Å². The second-order valence-corrected chi connectivity index (χ2v) is 6.77. The average molecular weight is 546 g/mol. The Bertz CT molecular complexity index is 1030. The molecule has 0 spiro atoms. The van der Waals surface area contributed by atoms with Crippen LogP contribution in [0.4, 0.5) is 0 Å². The van der Waals surface area contributed by atoms with E-state index in [1.165, 1.54) is 31.2 Å². The average Bonchev–Trinajstić information content (AvgIpc) is 2.86. The molecule has 0 saturated heterocycles. The Morgan fingerprint density at radius 2 is 1.42 bits per heavy atom. The molecule has 18 heteroatoms. The highest BCUT2D eigenvalue weighted by Crippen LogP contribution is 2.19. The van der Waals surface area contributed by atoms with Crippen molar-refractivity contribution in [2.75, 3.05) is 33.0 Å². The molecule has 0 aliphatic carbocycles. The molecule has 0 fully saturated rings. The summed E-state index contributed by atoms with van der Waals surface area (Å²) in [5, 5.41) is 17.8. The van der Waals surface area contributed by atoms with Gasteiger partial charge in [-0.25, -0.2) is 24.0 Å². The van der Waals surface area contributed by atoms with E-state index in [1.54, 1.807) is 0 Å². The number of unbranched alkanes of at least 4 members (excludes halogenated alkanes) is 1. The molecule has 0 aliphatic heterocycles. The fourth-order valence-electron chi connectivity index (χ4n) is 2.28. The van der Waals surface area contributed by atoms with Crippen molar-refractivity contribution in [1.29, 1.82) is 0 Å². The minimum Gasteiger partial charge on any atom is -0.463 e. The van der Waals surface area contributed by atoms with Gasteiger partial charge in [0.15, 0.2) is 25.9 Å². The number of rotatable bonds is 17. The fourth-order valence-corrected chi connectivity index (χ4v) is 2.28. The summed E-state index contributed by atoms with van der Waals surface area (Å²) in [4.78, 5) is 87.0. The summed E-state index contributed by atoms with van der Waals surface area (Å²) in [6.07, 6.45) is -0.831. The number of hydrogen-bond acceptors (Lipinski definition) is 16. The van der Waals surface area contributed by atoms with E-state index >= 15 is 0 Å². The summed E-state index contributed by atoms with van der Waals surface area (Å²) in [5.74, 6) is -5.77. The van der Waals surface area contributed by atoms with Gasteiger partial charge in [0.05, 0.1) is 13.2 Å². The van der Waals surface area contributed by atoms with Crippen LogP contribution in [-0.4, -0.2) is 79.2 Å². The summed E-state index contributed by atoms with van der Waals surface area (Å²) in [7, 11) is 0. The summed E-state index contributed by atoms with van der Waals surface area (Å²) in [6.45, 7) is -1.96. The van der Waals surface area contributed by atoms with Gasteiger partial charge in [-0.15, -0.1) is 20.2 Å². The van der Waals surface area contributed by atoms with Crippen molar-refractivity contribution in [2.24, 2.45) is 0 Å². The number of nitrogens with zero attached hydrogens (tertiary/aromatic N) is 2. The van der Waals surface area contributed by atoms with Crippen molar-refractivity contribution >= 4 is 29.8 Å². The van der Waals surface area contributed by atoms with Gasteiger partial charge >= 0.3 is 29.8 Å². The van der Waals surface area contributed by atoms with E-state index in [-0.39, 0.29) is 37.4 Å². The van der Waals surface area contributed by atoms with Gasteiger partial charge in [-0.05, 0) is 31.9 Å². The van der Waals surface area contributed by atoms with Crippen molar-refractivity contribution in [2.45, 2.75) is 25.9 Å². The van der Waals surface area contributed by atoms with Gasteiger partial charge in [-0.1, -0.05) is 12.1 Å². The first-order valence-corrected chi connectivity index (χ1v) is 10.5. The van der Waals surface area contributed by atoms with Gasteiger partial charge in [-0.3, -0.25) is 0 Å². The van der Waals surface area contributed by atoms with E-state index in [2.05, 4.69) is 14.4 Å². The Labute approximate surface area is 212 Å². The molecule has 1 aromatic rings. The topological polar surface area (TPSA) is 236 Å². The number of ether oxygens (including phenoxy) is 5. The summed E-state index contributed by atoms with van der Waals surface area (Å²) in [5.41, 5.74) is -0.287. The maximum absolute atomic E-state index is 12.3. The highest BCUT2D eigenvalue weighted by atomic mass is 17.0. The molecule has 0 N–H and O–H groups in total. The molecule has 0 amide bonds. The molecule has 208 valence electrons. The minimum atomic E-state index is -1.34. The van der Waals surface area contributed by atoms with Gasteiger partial charge in [0.25, 0.3) is 10.2 Å². The molecule has 0 bridgehead atoms. The monoisotopic (exact) mass is 546 g/mol. The van der Waals surface area contributed by atoms with Crippen LogP contribution >= 0.6 is 0 Å². The quantitative estimate of drug-likeness (QED) is 0.0622. The lowest BCUT2D eigenvalue weighted by atomic mass is 10.2. The molecule has 0 saturated carbocycles. The van der Waals surface area contributed by atoms with E-state index < -0.39 is 65.9 Å². The van der Waals surface area contributed by atoms with Crippen molar-refractivity contribution in [3.05, 3.63) is 50.1 Å². The summed E-state index contributed by atoms with van der Waals surface area (Å²) in [6, 6.07) is 5.19. The Balaban J connectivity index is 2.45.